The van der Waals surface area contributed by atoms with Crippen molar-refractivity contribution in [1.29, 1.82) is 0 Å². The standard InChI is InChI=1S/C21H14ClFN8O2/c22-11-3-2-7-31-15(11)9-14(29-31)18-17-13(25-10-26-17)5-8-30(18)21(32)20-28-27-19(33-20)16-12(23)4-1-6-24-16/h1-4,6-7,9-10,18H,5,8H2,(H,25,26)/t18-/m0/s1. The fourth-order valence-electron chi connectivity index (χ4n) is 4.00. The maximum atomic E-state index is 14.1. The van der Waals surface area contributed by atoms with Crippen molar-refractivity contribution >= 4 is 23.0 Å². The zero-order chi connectivity index (χ0) is 22.5. The normalized spacial score (nSPS) is 15.7. The van der Waals surface area contributed by atoms with Crippen LogP contribution in [0.3, 0.4) is 0 Å². The van der Waals surface area contributed by atoms with Crippen LogP contribution < -0.4 is 0 Å². The molecule has 0 saturated carbocycles. The van der Waals surface area contributed by atoms with Crippen LogP contribution in [0.1, 0.15) is 33.8 Å². The molecule has 6 rings (SSSR count). The van der Waals surface area contributed by atoms with Crippen LogP contribution in [0.25, 0.3) is 17.1 Å². The molecule has 164 valence electrons. The highest BCUT2D eigenvalue weighted by atomic mass is 35.5. The zero-order valence-electron chi connectivity index (χ0n) is 16.8. The summed E-state index contributed by atoms with van der Waals surface area (Å²) in [5.41, 5.74) is 2.75. The summed E-state index contributed by atoms with van der Waals surface area (Å²) in [6.45, 7) is 0.357. The smallest absolute Gasteiger partial charge is 0.312 e. The van der Waals surface area contributed by atoms with Crippen LogP contribution in [-0.4, -0.2) is 52.1 Å². The van der Waals surface area contributed by atoms with Crippen LogP contribution in [0.5, 0.6) is 0 Å². The van der Waals surface area contributed by atoms with E-state index < -0.39 is 17.8 Å². The summed E-state index contributed by atoms with van der Waals surface area (Å²) in [7, 11) is 0. The van der Waals surface area contributed by atoms with Crippen LogP contribution in [0, 0.1) is 5.82 Å². The van der Waals surface area contributed by atoms with Crippen LogP contribution in [0.15, 0.2) is 53.5 Å². The van der Waals surface area contributed by atoms with Crippen molar-refractivity contribution in [2.45, 2.75) is 12.5 Å². The third-order valence-electron chi connectivity index (χ3n) is 5.50. The monoisotopic (exact) mass is 464 g/mol. The second kappa shape index (κ2) is 7.48. The number of aromatic nitrogens is 7. The van der Waals surface area contributed by atoms with E-state index in [1.54, 1.807) is 34.1 Å². The number of amides is 1. The lowest BCUT2D eigenvalue weighted by molar-refractivity contribution is 0.0646. The van der Waals surface area contributed by atoms with Crippen molar-refractivity contribution in [3.63, 3.8) is 0 Å². The van der Waals surface area contributed by atoms with Gasteiger partial charge < -0.3 is 14.3 Å². The molecule has 1 amide bonds. The molecule has 1 N–H and O–H groups in total. The van der Waals surface area contributed by atoms with Crippen LogP contribution in [0.2, 0.25) is 5.02 Å². The highest BCUT2D eigenvalue weighted by Gasteiger charge is 2.38. The number of aromatic amines is 1. The molecule has 0 unspecified atom stereocenters. The van der Waals surface area contributed by atoms with Gasteiger partial charge in [-0.2, -0.15) is 5.10 Å². The fourth-order valence-corrected chi connectivity index (χ4v) is 4.21. The van der Waals surface area contributed by atoms with Gasteiger partial charge in [-0.3, -0.25) is 4.79 Å². The number of fused-ring (bicyclic) bond motifs is 2. The first-order valence-electron chi connectivity index (χ1n) is 10.0. The van der Waals surface area contributed by atoms with Crippen LogP contribution in [0.4, 0.5) is 4.39 Å². The van der Waals surface area contributed by atoms with Gasteiger partial charge in [0.2, 0.25) is 0 Å². The quantitative estimate of drug-likeness (QED) is 0.436. The summed E-state index contributed by atoms with van der Waals surface area (Å²) in [4.78, 5) is 26.5. The summed E-state index contributed by atoms with van der Waals surface area (Å²) in [6.07, 6.45) is 5.32. The van der Waals surface area contributed by atoms with E-state index in [9.17, 15) is 9.18 Å². The van der Waals surface area contributed by atoms with E-state index in [4.69, 9.17) is 16.0 Å². The van der Waals surface area contributed by atoms with Crippen LogP contribution >= 0.6 is 11.6 Å². The Kier molecular flexibility index (Phi) is 4.44. The van der Waals surface area contributed by atoms with Crippen molar-refractivity contribution in [3.8, 4) is 11.6 Å². The minimum Gasteiger partial charge on any atom is -0.411 e. The summed E-state index contributed by atoms with van der Waals surface area (Å²) < 4.78 is 21.2. The van der Waals surface area contributed by atoms with Crippen molar-refractivity contribution < 1.29 is 13.6 Å². The van der Waals surface area contributed by atoms with Crippen molar-refractivity contribution in [1.82, 2.24) is 39.7 Å². The maximum absolute atomic E-state index is 14.1. The summed E-state index contributed by atoms with van der Waals surface area (Å²) in [5, 5.41) is 12.8. The van der Waals surface area contributed by atoms with Gasteiger partial charge in [0, 0.05) is 31.1 Å². The average Bonchev–Trinajstić information content (AvgIpc) is 3.57. The molecule has 0 fully saturated rings. The SMILES string of the molecule is O=C(c1nnc(-c2ncccc2F)o1)N1CCc2[nH]cnc2[C@@H]1c1cc2c(Cl)cccn2n1. The van der Waals surface area contributed by atoms with Gasteiger partial charge >= 0.3 is 11.8 Å². The predicted molar refractivity (Wildman–Crippen MR) is 113 cm³/mol. The van der Waals surface area contributed by atoms with Gasteiger partial charge in [-0.25, -0.2) is 18.9 Å². The van der Waals surface area contributed by atoms with Gasteiger partial charge in [0.1, 0.15) is 6.04 Å². The number of halogens is 2. The van der Waals surface area contributed by atoms with Gasteiger partial charge in [0.15, 0.2) is 11.5 Å². The van der Waals surface area contributed by atoms with Gasteiger partial charge in [0.25, 0.3) is 5.89 Å². The molecule has 1 atom stereocenters. The number of rotatable bonds is 3. The molecular weight excluding hydrogens is 451 g/mol. The molecule has 5 aromatic rings. The van der Waals surface area contributed by atoms with Gasteiger partial charge in [-0.1, -0.05) is 11.6 Å². The molecule has 1 aliphatic heterocycles. The average molecular weight is 465 g/mol. The Hall–Kier alpha value is -4.12. The number of imidazole rings is 1. The number of hydrogen-bond acceptors (Lipinski definition) is 7. The minimum absolute atomic E-state index is 0.121. The van der Waals surface area contributed by atoms with Gasteiger partial charge in [-0.05, 0) is 30.3 Å². The molecule has 1 aliphatic rings. The van der Waals surface area contributed by atoms with Crippen LogP contribution in [-0.2, 0) is 6.42 Å². The Morgan fingerprint density at radius 3 is 3.00 bits per heavy atom. The number of carbonyl (C=O) groups excluding carboxylic acids is 1. The Labute approximate surface area is 190 Å². The lowest BCUT2D eigenvalue weighted by Crippen LogP contribution is -2.41. The van der Waals surface area contributed by atoms with E-state index in [2.05, 4.69) is 30.2 Å². The second-order valence-electron chi connectivity index (χ2n) is 7.42. The number of nitrogens with one attached hydrogen (secondary N) is 1. The highest BCUT2D eigenvalue weighted by Crippen LogP contribution is 2.35. The van der Waals surface area contributed by atoms with Gasteiger partial charge in [-0.15, -0.1) is 10.2 Å². The van der Waals surface area contributed by atoms with E-state index in [0.717, 1.165) is 5.69 Å². The minimum atomic E-state index is -0.626. The number of hydrogen-bond donors (Lipinski definition) is 1. The molecule has 0 bridgehead atoms. The summed E-state index contributed by atoms with van der Waals surface area (Å²) >= 11 is 6.32. The fraction of sp³-hybridized carbons (Fsp3) is 0.143. The third kappa shape index (κ3) is 3.16. The van der Waals surface area contributed by atoms with Crippen molar-refractivity contribution in [2.24, 2.45) is 0 Å². The van der Waals surface area contributed by atoms with E-state index in [1.807, 2.05) is 6.07 Å². The first-order valence-corrected chi connectivity index (χ1v) is 10.4. The van der Waals surface area contributed by atoms with E-state index >= 15 is 0 Å². The molecule has 0 spiro atoms. The molecule has 12 heteroatoms. The third-order valence-corrected chi connectivity index (χ3v) is 5.82. The Morgan fingerprint density at radius 2 is 2.15 bits per heavy atom. The number of nitrogens with zero attached hydrogens (tertiary/aromatic N) is 7. The molecule has 10 nitrogen and oxygen atoms in total. The second-order valence-corrected chi connectivity index (χ2v) is 7.83. The summed E-state index contributed by atoms with van der Waals surface area (Å²) in [5.74, 6) is -1.60. The van der Waals surface area contributed by atoms with E-state index in [1.165, 1.54) is 18.3 Å². The van der Waals surface area contributed by atoms with Crippen molar-refractivity contribution in [2.75, 3.05) is 6.54 Å². The number of carbonyl (C=O) groups is 1. The first-order chi connectivity index (χ1) is 16.1. The lowest BCUT2D eigenvalue weighted by Gasteiger charge is -2.32. The lowest BCUT2D eigenvalue weighted by atomic mass is 9.99. The highest BCUT2D eigenvalue weighted by molar-refractivity contribution is 6.33. The van der Waals surface area contributed by atoms with Crippen molar-refractivity contribution in [3.05, 3.63) is 82.9 Å². The van der Waals surface area contributed by atoms with Gasteiger partial charge in [0.05, 0.1) is 28.3 Å². The van der Waals surface area contributed by atoms with E-state index in [-0.39, 0.29) is 17.5 Å². The molecular formula is C21H14ClFN8O2. The topological polar surface area (TPSA) is 118 Å². The Balaban J connectivity index is 1.41. The zero-order valence-corrected chi connectivity index (χ0v) is 17.6. The molecule has 33 heavy (non-hydrogen) atoms. The molecule has 0 aliphatic carbocycles. The number of pyridine rings is 2. The van der Waals surface area contributed by atoms with E-state index in [0.29, 0.717) is 34.9 Å². The molecule has 0 saturated heterocycles. The molecule has 5 aromatic heterocycles. The Morgan fingerprint density at radius 1 is 1.24 bits per heavy atom. The summed E-state index contributed by atoms with van der Waals surface area (Å²) in [6, 6.07) is 7.44. The maximum Gasteiger partial charge on any atom is 0.312 e. The predicted octanol–water partition coefficient (Wildman–Crippen LogP) is 3.08. The molecule has 6 heterocycles. The Bertz CT molecular complexity index is 1510. The molecule has 0 aromatic carbocycles. The number of H-pyrrole nitrogens is 1. The first kappa shape index (κ1) is 19.6. The largest absolute Gasteiger partial charge is 0.411 e. The molecule has 0 radical (unpaired) electrons.